The molecule has 36 heavy (non-hydrogen) atoms. The highest BCUT2D eigenvalue weighted by atomic mass is 19.2. The molecule has 0 fully saturated rings. The fourth-order valence-electron chi connectivity index (χ4n) is 3.71. The molecule has 0 spiro atoms. The van der Waals surface area contributed by atoms with Crippen LogP contribution in [-0.2, 0) is 9.59 Å². The van der Waals surface area contributed by atoms with Crippen molar-refractivity contribution in [1.82, 2.24) is 10.3 Å². The van der Waals surface area contributed by atoms with E-state index in [0.29, 0.717) is 22.5 Å². The number of benzodiazepines with no additional fused rings is 1. The van der Waals surface area contributed by atoms with Crippen LogP contribution in [0.25, 0.3) is 0 Å². The van der Waals surface area contributed by atoms with Crippen LogP contribution in [0.1, 0.15) is 25.0 Å². The van der Waals surface area contributed by atoms with Crippen molar-refractivity contribution in [1.29, 1.82) is 0 Å². The number of fused-ring (bicyclic) bond motifs is 1. The van der Waals surface area contributed by atoms with Crippen molar-refractivity contribution in [2.45, 2.75) is 26.1 Å². The summed E-state index contributed by atoms with van der Waals surface area (Å²) in [6.07, 6.45) is -1.41. The lowest BCUT2D eigenvalue weighted by molar-refractivity contribution is -0.127. The van der Waals surface area contributed by atoms with Gasteiger partial charge in [0.05, 0.1) is 11.4 Å². The normalized spacial score (nSPS) is 15.9. The third kappa shape index (κ3) is 4.90. The van der Waals surface area contributed by atoms with Gasteiger partial charge in [-0.1, -0.05) is 62.4 Å². The van der Waals surface area contributed by atoms with Gasteiger partial charge in [0.25, 0.3) is 17.8 Å². The molecule has 2 atom stereocenters. The fourth-order valence-corrected chi connectivity index (χ4v) is 3.71. The first kappa shape index (κ1) is 24.8. The third-order valence-corrected chi connectivity index (χ3v) is 5.52. The Bertz CT molecular complexity index is 1320. The topological polar surface area (TPSA) is 95.5 Å². The summed E-state index contributed by atoms with van der Waals surface area (Å²) in [6.45, 7) is 3.09. The van der Waals surface area contributed by atoms with Crippen molar-refractivity contribution in [2.24, 2.45) is 10.9 Å². The highest BCUT2D eigenvalue weighted by Crippen LogP contribution is 2.26. The number of aromatic nitrogens is 1. The van der Waals surface area contributed by atoms with E-state index in [9.17, 15) is 27.2 Å². The largest absolute Gasteiger partial charge is 0.368 e. The standard InChI is InChI=1S/C25H21F4N5O2/c1-12(2)18(31-20-16(26)21(28)33-22(29)17(20)27)24(35)34-23-25(36)30-15-11-7-6-10-14(15)19(32-23)13-8-4-3-5-9-13/h3-12,18,23H,1-2H3,(H,30,36)(H,31,33)(H,34,35)/t18-,23?/m1/s1. The Morgan fingerprint density at radius 3 is 2.19 bits per heavy atom. The second-order valence-corrected chi connectivity index (χ2v) is 8.35. The maximum atomic E-state index is 14.2. The zero-order valence-electron chi connectivity index (χ0n) is 19.2. The predicted molar refractivity (Wildman–Crippen MR) is 125 cm³/mol. The lowest BCUT2D eigenvalue weighted by Crippen LogP contribution is -2.50. The zero-order chi connectivity index (χ0) is 26.0. The van der Waals surface area contributed by atoms with Gasteiger partial charge in [-0.2, -0.15) is 22.5 Å². The van der Waals surface area contributed by atoms with Gasteiger partial charge in [0.2, 0.25) is 23.7 Å². The second kappa shape index (κ2) is 10.1. The van der Waals surface area contributed by atoms with Crippen molar-refractivity contribution in [3.63, 3.8) is 0 Å². The maximum Gasteiger partial charge on any atom is 0.269 e. The van der Waals surface area contributed by atoms with Gasteiger partial charge in [-0.05, 0) is 12.0 Å². The van der Waals surface area contributed by atoms with Crippen molar-refractivity contribution < 1.29 is 27.2 Å². The van der Waals surface area contributed by atoms with E-state index >= 15 is 0 Å². The molecule has 3 N–H and O–H groups in total. The Labute approximate surface area is 203 Å². The number of rotatable bonds is 6. The summed E-state index contributed by atoms with van der Waals surface area (Å²) < 4.78 is 55.5. The molecule has 2 amide bonds. The van der Waals surface area contributed by atoms with E-state index in [1.165, 1.54) is 0 Å². The van der Waals surface area contributed by atoms with Gasteiger partial charge >= 0.3 is 0 Å². The molecule has 0 saturated heterocycles. The van der Waals surface area contributed by atoms with Crippen molar-refractivity contribution in [2.75, 3.05) is 10.6 Å². The maximum absolute atomic E-state index is 14.2. The number of carbonyl (C=O) groups excluding carboxylic acids is 2. The van der Waals surface area contributed by atoms with Gasteiger partial charge in [0.1, 0.15) is 11.7 Å². The minimum Gasteiger partial charge on any atom is -0.368 e. The monoisotopic (exact) mass is 499 g/mol. The number of hydrogen-bond donors (Lipinski definition) is 3. The second-order valence-electron chi connectivity index (χ2n) is 8.35. The number of para-hydroxylation sites is 1. The van der Waals surface area contributed by atoms with E-state index in [1.807, 2.05) is 6.07 Å². The molecule has 11 heteroatoms. The van der Waals surface area contributed by atoms with Crippen LogP contribution < -0.4 is 16.0 Å². The third-order valence-electron chi connectivity index (χ3n) is 5.52. The van der Waals surface area contributed by atoms with Crippen molar-refractivity contribution >= 4 is 28.9 Å². The van der Waals surface area contributed by atoms with Crippen LogP contribution in [0, 0.1) is 29.4 Å². The Morgan fingerprint density at radius 1 is 0.944 bits per heavy atom. The number of carbonyl (C=O) groups is 2. The minimum absolute atomic E-state index is 0.430. The molecule has 186 valence electrons. The number of amides is 2. The van der Waals surface area contributed by atoms with E-state index in [-0.39, 0.29) is 0 Å². The van der Waals surface area contributed by atoms with Crippen LogP contribution in [0.2, 0.25) is 0 Å². The zero-order valence-corrected chi connectivity index (χ0v) is 19.2. The van der Waals surface area contributed by atoms with Gasteiger partial charge < -0.3 is 16.0 Å². The molecule has 7 nitrogen and oxygen atoms in total. The fraction of sp³-hybridized carbons (Fsp3) is 0.200. The first-order valence-electron chi connectivity index (χ1n) is 11.0. The number of aliphatic imine (C=N–C) groups is 1. The average molecular weight is 499 g/mol. The predicted octanol–water partition coefficient (Wildman–Crippen LogP) is 4.01. The van der Waals surface area contributed by atoms with Crippen LogP contribution in [0.4, 0.5) is 28.9 Å². The molecule has 1 aromatic heterocycles. The summed E-state index contributed by atoms with van der Waals surface area (Å²) in [4.78, 5) is 33.1. The number of anilines is 2. The number of pyridine rings is 1. The molecule has 4 rings (SSSR count). The van der Waals surface area contributed by atoms with Crippen molar-refractivity contribution in [3.05, 3.63) is 89.3 Å². The molecule has 0 bridgehead atoms. The molecule has 1 aliphatic rings. The quantitative estimate of drug-likeness (QED) is 0.353. The van der Waals surface area contributed by atoms with Crippen molar-refractivity contribution in [3.8, 4) is 0 Å². The molecule has 1 aliphatic heterocycles. The highest BCUT2D eigenvalue weighted by molar-refractivity contribution is 6.19. The van der Waals surface area contributed by atoms with Crippen LogP contribution in [-0.4, -0.2) is 34.7 Å². The summed E-state index contributed by atoms with van der Waals surface area (Å²) in [5, 5.41) is 7.39. The number of halogens is 4. The summed E-state index contributed by atoms with van der Waals surface area (Å²) in [5.74, 6) is -9.42. The summed E-state index contributed by atoms with van der Waals surface area (Å²) in [5.41, 5.74) is 1.04. The number of benzene rings is 2. The molecule has 0 saturated carbocycles. The smallest absolute Gasteiger partial charge is 0.269 e. The molecule has 1 unspecified atom stereocenters. The van der Waals surface area contributed by atoms with E-state index in [1.54, 1.807) is 62.4 Å². The van der Waals surface area contributed by atoms with Gasteiger partial charge in [-0.25, -0.2) is 4.99 Å². The summed E-state index contributed by atoms with van der Waals surface area (Å²) >= 11 is 0. The number of nitrogens with one attached hydrogen (secondary N) is 3. The van der Waals surface area contributed by atoms with Crippen LogP contribution in [0.3, 0.4) is 0 Å². The Balaban J connectivity index is 1.68. The lowest BCUT2D eigenvalue weighted by atomic mass is 10.0. The Hall–Kier alpha value is -4.28. The van der Waals surface area contributed by atoms with Gasteiger partial charge in [-0.15, -0.1) is 0 Å². The van der Waals surface area contributed by atoms with E-state index < -0.39 is 59.2 Å². The SMILES string of the molecule is CC(C)[C@@H](Nc1c(F)c(F)nc(F)c1F)C(=O)NC1N=C(c2ccccc2)c2ccccc2NC1=O. The first-order chi connectivity index (χ1) is 17.2. The van der Waals surface area contributed by atoms with Crippen LogP contribution >= 0.6 is 0 Å². The summed E-state index contributed by atoms with van der Waals surface area (Å²) in [7, 11) is 0. The molecule has 3 aromatic rings. The van der Waals surface area contributed by atoms with Crippen LogP contribution in [0.5, 0.6) is 0 Å². The average Bonchev–Trinajstić information content (AvgIpc) is 2.99. The number of nitrogens with zero attached hydrogens (tertiary/aromatic N) is 2. The van der Waals surface area contributed by atoms with Gasteiger partial charge in [-0.3, -0.25) is 9.59 Å². The molecular formula is C25H21F4N5O2. The molecule has 2 aromatic carbocycles. The van der Waals surface area contributed by atoms with Crippen LogP contribution in [0.15, 0.2) is 59.6 Å². The number of hydrogen-bond acceptors (Lipinski definition) is 5. The first-order valence-corrected chi connectivity index (χ1v) is 11.0. The van der Waals surface area contributed by atoms with E-state index in [0.717, 1.165) is 0 Å². The highest BCUT2D eigenvalue weighted by Gasteiger charge is 2.32. The molecule has 2 heterocycles. The summed E-state index contributed by atoms with van der Waals surface area (Å²) in [6, 6.07) is 14.6. The molecular weight excluding hydrogens is 478 g/mol. The van der Waals surface area contributed by atoms with Gasteiger partial charge in [0.15, 0.2) is 0 Å². The molecule has 0 radical (unpaired) electrons. The van der Waals surface area contributed by atoms with E-state index in [4.69, 9.17) is 0 Å². The Kier molecular flexibility index (Phi) is 7.00. The molecule has 0 aliphatic carbocycles. The Morgan fingerprint density at radius 2 is 1.56 bits per heavy atom. The minimum atomic E-state index is -1.86. The van der Waals surface area contributed by atoms with Gasteiger partial charge in [0, 0.05) is 11.1 Å². The van der Waals surface area contributed by atoms with E-state index in [2.05, 4.69) is 25.9 Å². The lowest BCUT2D eigenvalue weighted by Gasteiger charge is -2.25.